The number of aliphatic imine (C=N–C) groups is 1. The van der Waals surface area contributed by atoms with Crippen molar-refractivity contribution in [3.05, 3.63) is 28.2 Å². The standard InChI is InChI=1S/C20H29Cl2N3O3/c1-4-23-19(25-17-13-8-9-27-18(13)20(17,2)3)24-10-12(26)11-28-15-7-5-6-14(21)16(15)22/h5-7,12-13,17-18,26H,4,8-11H2,1-3H3,(H2,23,24,25). The van der Waals surface area contributed by atoms with Gasteiger partial charge in [0.2, 0.25) is 0 Å². The molecule has 6 nitrogen and oxygen atoms in total. The summed E-state index contributed by atoms with van der Waals surface area (Å²) in [5.41, 5.74) is 0.0579. The van der Waals surface area contributed by atoms with Crippen molar-refractivity contribution in [2.24, 2.45) is 16.3 Å². The number of nitrogens with one attached hydrogen (secondary N) is 2. The van der Waals surface area contributed by atoms with E-state index in [4.69, 9.17) is 32.7 Å². The van der Waals surface area contributed by atoms with Crippen LogP contribution in [0.2, 0.25) is 10.0 Å². The molecule has 1 saturated heterocycles. The number of fused-ring (bicyclic) bond motifs is 1. The largest absolute Gasteiger partial charge is 0.489 e. The molecule has 156 valence electrons. The van der Waals surface area contributed by atoms with Gasteiger partial charge in [-0.1, -0.05) is 43.1 Å². The topological polar surface area (TPSA) is 75.1 Å². The molecule has 0 amide bonds. The van der Waals surface area contributed by atoms with E-state index >= 15 is 0 Å². The Balaban J connectivity index is 1.54. The highest BCUT2D eigenvalue weighted by Crippen LogP contribution is 2.52. The van der Waals surface area contributed by atoms with E-state index < -0.39 is 6.10 Å². The van der Waals surface area contributed by atoms with Crippen LogP contribution in [0.1, 0.15) is 27.2 Å². The van der Waals surface area contributed by atoms with Crippen LogP contribution in [0.4, 0.5) is 0 Å². The SMILES string of the molecule is CCNC(=NCC(O)COc1cccc(Cl)c1Cl)NC1C2CCOC2C1(C)C. The summed E-state index contributed by atoms with van der Waals surface area (Å²) in [5, 5.41) is 17.8. The molecule has 2 fully saturated rings. The first-order chi connectivity index (χ1) is 13.3. The van der Waals surface area contributed by atoms with Gasteiger partial charge in [-0.2, -0.15) is 0 Å². The molecular formula is C20H29Cl2N3O3. The number of benzene rings is 1. The van der Waals surface area contributed by atoms with Crippen molar-refractivity contribution >= 4 is 29.2 Å². The molecule has 0 aromatic heterocycles. The molecule has 1 saturated carbocycles. The van der Waals surface area contributed by atoms with Gasteiger partial charge < -0.3 is 25.2 Å². The van der Waals surface area contributed by atoms with Crippen molar-refractivity contribution in [2.45, 2.75) is 45.4 Å². The first-order valence-electron chi connectivity index (χ1n) is 9.76. The zero-order valence-corrected chi connectivity index (χ0v) is 18.1. The smallest absolute Gasteiger partial charge is 0.191 e. The highest BCUT2D eigenvalue weighted by Gasteiger charge is 2.59. The molecule has 1 aromatic carbocycles. The molecular weight excluding hydrogens is 401 g/mol. The number of hydrogen-bond donors (Lipinski definition) is 3. The number of hydrogen-bond acceptors (Lipinski definition) is 4. The highest BCUT2D eigenvalue weighted by atomic mass is 35.5. The molecule has 3 rings (SSSR count). The maximum Gasteiger partial charge on any atom is 0.191 e. The summed E-state index contributed by atoms with van der Waals surface area (Å²) >= 11 is 12.1. The zero-order valence-electron chi connectivity index (χ0n) is 16.5. The summed E-state index contributed by atoms with van der Waals surface area (Å²) in [6.07, 6.45) is 0.624. The quantitative estimate of drug-likeness (QED) is 0.458. The Hall–Kier alpha value is -1.21. The van der Waals surface area contributed by atoms with E-state index in [1.165, 1.54) is 0 Å². The lowest BCUT2D eigenvalue weighted by Crippen LogP contribution is -2.68. The van der Waals surface area contributed by atoms with Crippen LogP contribution in [0.5, 0.6) is 5.75 Å². The molecule has 0 radical (unpaired) electrons. The average Bonchev–Trinajstić information content (AvgIpc) is 3.12. The van der Waals surface area contributed by atoms with Crippen molar-refractivity contribution in [3.8, 4) is 5.75 Å². The van der Waals surface area contributed by atoms with Gasteiger partial charge in [-0.05, 0) is 25.5 Å². The third-order valence-electron chi connectivity index (χ3n) is 5.54. The van der Waals surface area contributed by atoms with Crippen molar-refractivity contribution in [1.29, 1.82) is 0 Å². The minimum Gasteiger partial charge on any atom is -0.489 e. The number of ether oxygens (including phenoxy) is 2. The third kappa shape index (κ3) is 4.51. The second kappa shape index (κ2) is 9.08. The molecule has 1 heterocycles. The van der Waals surface area contributed by atoms with Crippen molar-refractivity contribution in [2.75, 3.05) is 26.3 Å². The molecule has 2 aliphatic rings. The van der Waals surface area contributed by atoms with Crippen LogP contribution >= 0.6 is 23.2 Å². The van der Waals surface area contributed by atoms with E-state index in [1.54, 1.807) is 18.2 Å². The molecule has 28 heavy (non-hydrogen) atoms. The summed E-state index contributed by atoms with van der Waals surface area (Å²) < 4.78 is 11.4. The number of halogens is 2. The number of guanidine groups is 1. The monoisotopic (exact) mass is 429 g/mol. The summed E-state index contributed by atoms with van der Waals surface area (Å²) in [4.78, 5) is 4.53. The van der Waals surface area contributed by atoms with Crippen LogP contribution in [0.25, 0.3) is 0 Å². The summed E-state index contributed by atoms with van der Waals surface area (Å²) in [6.45, 7) is 8.32. The fourth-order valence-electron chi connectivity index (χ4n) is 4.12. The van der Waals surface area contributed by atoms with E-state index in [9.17, 15) is 5.11 Å². The first kappa shape index (κ1) is 21.5. The van der Waals surface area contributed by atoms with Gasteiger partial charge in [-0.15, -0.1) is 0 Å². The van der Waals surface area contributed by atoms with E-state index in [1.807, 2.05) is 6.92 Å². The lowest BCUT2D eigenvalue weighted by atomic mass is 9.57. The van der Waals surface area contributed by atoms with Gasteiger partial charge in [0.25, 0.3) is 0 Å². The van der Waals surface area contributed by atoms with Gasteiger partial charge in [-0.25, -0.2) is 0 Å². The Morgan fingerprint density at radius 2 is 2.21 bits per heavy atom. The van der Waals surface area contributed by atoms with Crippen LogP contribution in [0, 0.1) is 11.3 Å². The van der Waals surface area contributed by atoms with Crippen LogP contribution in [0.3, 0.4) is 0 Å². The zero-order chi connectivity index (χ0) is 20.3. The summed E-state index contributed by atoms with van der Waals surface area (Å²) in [7, 11) is 0. The molecule has 1 aromatic rings. The number of nitrogens with zero attached hydrogens (tertiary/aromatic N) is 1. The number of rotatable bonds is 7. The Labute approximate surface area is 176 Å². The molecule has 4 atom stereocenters. The van der Waals surface area contributed by atoms with Gasteiger partial charge in [0.15, 0.2) is 5.96 Å². The van der Waals surface area contributed by atoms with E-state index in [2.05, 4.69) is 29.5 Å². The van der Waals surface area contributed by atoms with Gasteiger partial charge in [0, 0.05) is 30.5 Å². The first-order valence-corrected chi connectivity index (χ1v) is 10.5. The summed E-state index contributed by atoms with van der Waals surface area (Å²) in [5.74, 6) is 1.66. The lowest BCUT2D eigenvalue weighted by Gasteiger charge is -2.54. The molecule has 3 N–H and O–H groups in total. The van der Waals surface area contributed by atoms with Gasteiger partial charge >= 0.3 is 0 Å². The van der Waals surface area contributed by atoms with E-state index in [0.717, 1.165) is 19.6 Å². The number of aliphatic hydroxyl groups excluding tert-OH is 1. The normalized spacial score (nSPS) is 26.9. The molecule has 0 bridgehead atoms. The van der Waals surface area contributed by atoms with Gasteiger partial charge in [0.05, 0.1) is 17.7 Å². The van der Waals surface area contributed by atoms with Gasteiger partial charge in [0.1, 0.15) is 23.5 Å². The van der Waals surface area contributed by atoms with E-state index in [0.29, 0.717) is 39.8 Å². The molecule has 4 unspecified atom stereocenters. The molecule has 1 aliphatic carbocycles. The second-order valence-electron chi connectivity index (χ2n) is 7.92. The fraction of sp³-hybridized carbons (Fsp3) is 0.650. The number of aliphatic hydroxyl groups is 1. The minimum absolute atomic E-state index is 0.0579. The Bertz CT molecular complexity index is 714. The average molecular weight is 430 g/mol. The molecule has 1 aliphatic heterocycles. The molecule has 8 heteroatoms. The maximum atomic E-state index is 10.3. The predicted molar refractivity (Wildman–Crippen MR) is 112 cm³/mol. The third-order valence-corrected chi connectivity index (χ3v) is 6.35. The predicted octanol–water partition coefficient (Wildman–Crippen LogP) is 3.10. The Morgan fingerprint density at radius 3 is 2.96 bits per heavy atom. The van der Waals surface area contributed by atoms with E-state index in [-0.39, 0.29) is 18.6 Å². The van der Waals surface area contributed by atoms with Crippen molar-refractivity contribution in [1.82, 2.24) is 10.6 Å². The minimum atomic E-state index is -0.762. The van der Waals surface area contributed by atoms with Crippen LogP contribution in [-0.2, 0) is 4.74 Å². The summed E-state index contributed by atoms with van der Waals surface area (Å²) in [6, 6.07) is 5.46. The van der Waals surface area contributed by atoms with Crippen molar-refractivity contribution in [3.63, 3.8) is 0 Å². The van der Waals surface area contributed by atoms with Gasteiger partial charge in [-0.3, -0.25) is 4.99 Å². The Kier molecular flexibility index (Phi) is 6.97. The van der Waals surface area contributed by atoms with Crippen molar-refractivity contribution < 1.29 is 14.6 Å². The van der Waals surface area contributed by atoms with Crippen LogP contribution < -0.4 is 15.4 Å². The fourth-order valence-corrected chi connectivity index (χ4v) is 4.46. The Morgan fingerprint density at radius 1 is 1.43 bits per heavy atom. The highest BCUT2D eigenvalue weighted by molar-refractivity contribution is 6.42. The van der Waals surface area contributed by atoms with Crippen LogP contribution in [-0.4, -0.2) is 55.6 Å². The lowest BCUT2D eigenvalue weighted by molar-refractivity contribution is -0.106. The maximum absolute atomic E-state index is 10.3. The van der Waals surface area contributed by atoms with Crippen LogP contribution in [0.15, 0.2) is 23.2 Å². The molecule has 0 spiro atoms. The second-order valence-corrected chi connectivity index (χ2v) is 8.71.